The summed E-state index contributed by atoms with van der Waals surface area (Å²) >= 11 is 1.81. The van der Waals surface area contributed by atoms with Gasteiger partial charge in [-0.05, 0) is 35.7 Å². The van der Waals surface area contributed by atoms with E-state index >= 15 is 0 Å². The number of imidazole rings is 1. The van der Waals surface area contributed by atoms with E-state index in [0.717, 1.165) is 18.7 Å². The van der Waals surface area contributed by atoms with Gasteiger partial charge in [0.1, 0.15) is 10.7 Å². The van der Waals surface area contributed by atoms with Crippen LogP contribution in [0.5, 0.6) is 0 Å². The molecule has 1 aliphatic rings. The molecule has 0 saturated carbocycles. The van der Waals surface area contributed by atoms with E-state index in [9.17, 15) is 0 Å². The summed E-state index contributed by atoms with van der Waals surface area (Å²) in [6.45, 7) is 8.38. The number of rotatable bonds is 2. The van der Waals surface area contributed by atoms with E-state index in [2.05, 4.69) is 66.7 Å². The van der Waals surface area contributed by atoms with Gasteiger partial charge in [-0.15, -0.1) is 11.3 Å². The van der Waals surface area contributed by atoms with E-state index in [-0.39, 0.29) is 0 Å². The third kappa shape index (κ3) is 2.68. The Labute approximate surface area is 181 Å². The van der Waals surface area contributed by atoms with Crippen LogP contribution in [0.25, 0.3) is 42.5 Å². The largest absolute Gasteiger partial charge is 0.327 e. The first-order valence-electron chi connectivity index (χ1n) is 10.8. The summed E-state index contributed by atoms with van der Waals surface area (Å²) in [5.41, 5.74) is 3.66. The Morgan fingerprint density at radius 3 is 2.73 bits per heavy atom. The number of nitrogens with zero attached hydrogens (tertiary/aromatic N) is 3. The number of pyridine rings is 1. The fraction of sp³-hybridized carbons (Fsp3) is 0.280. The van der Waals surface area contributed by atoms with Crippen LogP contribution in [0.2, 0.25) is 19.6 Å². The minimum Gasteiger partial charge on any atom is -0.327 e. The molecule has 0 bridgehead atoms. The number of benzene rings is 2. The van der Waals surface area contributed by atoms with E-state index in [0.29, 0.717) is 0 Å². The van der Waals surface area contributed by atoms with Crippen LogP contribution in [0.1, 0.15) is 18.7 Å². The second kappa shape index (κ2) is 6.50. The molecule has 2 aromatic carbocycles. The molecule has 3 aromatic heterocycles. The molecule has 5 aromatic rings. The van der Waals surface area contributed by atoms with E-state index < -0.39 is 8.07 Å². The highest BCUT2D eigenvalue weighted by molar-refractivity contribution is 7.25. The zero-order valence-electron chi connectivity index (χ0n) is 17.7. The first-order chi connectivity index (χ1) is 14.5. The fourth-order valence-electron chi connectivity index (χ4n) is 4.90. The monoisotopic (exact) mass is 427 g/mol. The Balaban J connectivity index is 1.65. The number of hydrogen-bond donors (Lipinski definition) is 0. The molecule has 6 rings (SSSR count). The molecule has 0 fully saturated rings. The van der Waals surface area contributed by atoms with Crippen LogP contribution in [-0.2, 0) is 13.0 Å². The summed E-state index contributed by atoms with van der Waals surface area (Å²) in [5, 5.41) is 5.52. The molecule has 0 saturated heterocycles. The van der Waals surface area contributed by atoms with Crippen molar-refractivity contribution >= 4 is 55.8 Å². The number of aromatic nitrogens is 3. The average Bonchev–Trinajstić information content (AvgIpc) is 3.28. The van der Waals surface area contributed by atoms with Crippen LogP contribution in [0.3, 0.4) is 0 Å². The van der Waals surface area contributed by atoms with Crippen LogP contribution in [0.15, 0.2) is 48.7 Å². The van der Waals surface area contributed by atoms with Crippen molar-refractivity contribution in [3.8, 4) is 11.3 Å². The summed E-state index contributed by atoms with van der Waals surface area (Å²) in [6, 6.07) is 15.7. The van der Waals surface area contributed by atoms with Gasteiger partial charge in [-0.1, -0.05) is 55.2 Å². The second-order valence-electron chi connectivity index (χ2n) is 9.42. The Bertz CT molecular complexity index is 1440. The Morgan fingerprint density at radius 2 is 1.87 bits per heavy atom. The van der Waals surface area contributed by atoms with Gasteiger partial charge in [0, 0.05) is 30.1 Å². The smallest absolute Gasteiger partial charge is 0.143 e. The minimum absolute atomic E-state index is 1.09. The van der Waals surface area contributed by atoms with Crippen molar-refractivity contribution in [1.82, 2.24) is 14.5 Å². The number of thiophene rings is 1. The van der Waals surface area contributed by atoms with Crippen molar-refractivity contribution in [2.75, 3.05) is 0 Å². The van der Waals surface area contributed by atoms with Crippen molar-refractivity contribution in [2.24, 2.45) is 0 Å². The van der Waals surface area contributed by atoms with Crippen LogP contribution < -0.4 is 5.19 Å². The predicted octanol–water partition coefficient (Wildman–Crippen LogP) is 6.35. The Hall–Kier alpha value is -2.50. The molecule has 0 N–H and O–H groups in total. The van der Waals surface area contributed by atoms with Crippen LogP contribution >= 0.6 is 11.3 Å². The molecule has 30 heavy (non-hydrogen) atoms. The van der Waals surface area contributed by atoms with E-state index in [1.54, 1.807) is 0 Å². The molecule has 0 unspecified atom stereocenters. The number of fused-ring (bicyclic) bond motifs is 6. The van der Waals surface area contributed by atoms with Crippen molar-refractivity contribution in [1.29, 1.82) is 0 Å². The summed E-state index contributed by atoms with van der Waals surface area (Å²) in [4.78, 5) is 11.0. The maximum absolute atomic E-state index is 4.99. The van der Waals surface area contributed by atoms with Gasteiger partial charge < -0.3 is 4.57 Å². The standard InChI is InChI=1S/C25H25N3SSi/c1-30(2,3)20-15-17(14-16-8-4-5-9-18(16)20)22-24-19(11-12-26-22)23-25(29-24)27-21-10-6-7-13-28(21)23/h4-5,8-9,11-12,14-15H,6-7,10,13H2,1-3H3. The lowest BCUT2D eigenvalue weighted by Gasteiger charge is -2.21. The maximum Gasteiger partial charge on any atom is 0.143 e. The average molecular weight is 428 g/mol. The van der Waals surface area contributed by atoms with Crippen LogP contribution in [0, 0.1) is 0 Å². The Morgan fingerprint density at radius 1 is 1.00 bits per heavy atom. The highest BCUT2D eigenvalue weighted by Gasteiger charge is 2.23. The quantitative estimate of drug-likeness (QED) is 0.307. The van der Waals surface area contributed by atoms with E-state index in [4.69, 9.17) is 9.97 Å². The maximum atomic E-state index is 4.99. The van der Waals surface area contributed by atoms with Crippen LogP contribution in [-0.4, -0.2) is 22.6 Å². The van der Waals surface area contributed by atoms with Crippen molar-refractivity contribution in [3.05, 3.63) is 54.5 Å². The normalized spacial score (nSPS) is 14.6. The summed E-state index contributed by atoms with van der Waals surface area (Å²) < 4.78 is 3.72. The molecule has 1 aliphatic heterocycles. The highest BCUT2D eigenvalue weighted by Crippen LogP contribution is 2.40. The molecule has 0 atom stereocenters. The molecule has 3 nitrogen and oxygen atoms in total. The molecule has 150 valence electrons. The molecular weight excluding hydrogens is 402 g/mol. The van der Waals surface area contributed by atoms with Crippen molar-refractivity contribution in [2.45, 2.75) is 45.4 Å². The van der Waals surface area contributed by atoms with Gasteiger partial charge in [0.25, 0.3) is 0 Å². The second-order valence-corrected chi connectivity index (χ2v) is 15.5. The predicted molar refractivity (Wildman–Crippen MR) is 132 cm³/mol. The molecule has 0 radical (unpaired) electrons. The molecule has 0 spiro atoms. The zero-order chi connectivity index (χ0) is 20.5. The van der Waals surface area contributed by atoms with Crippen molar-refractivity contribution < 1.29 is 0 Å². The van der Waals surface area contributed by atoms with Gasteiger partial charge in [-0.3, -0.25) is 4.98 Å². The molecular formula is C25H25N3SSi. The first kappa shape index (κ1) is 18.3. The van der Waals surface area contributed by atoms with Gasteiger partial charge in [-0.2, -0.15) is 0 Å². The summed E-state index contributed by atoms with van der Waals surface area (Å²) in [7, 11) is -1.51. The van der Waals surface area contributed by atoms with Crippen LogP contribution in [0.4, 0.5) is 0 Å². The molecule has 5 heteroatoms. The van der Waals surface area contributed by atoms with Gasteiger partial charge in [0.2, 0.25) is 0 Å². The van der Waals surface area contributed by atoms with E-state index in [1.807, 2.05) is 17.5 Å². The molecule has 0 amide bonds. The lowest BCUT2D eigenvalue weighted by molar-refractivity contribution is 0.533. The summed E-state index contributed by atoms with van der Waals surface area (Å²) in [6.07, 6.45) is 5.59. The topological polar surface area (TPSA) is 30.7 Å². The van der Waals surface area contributed by atoms with Gasteiger partial charge in [-0.25, -0.2) is 4.98 Å². The number of hydrogen-bond acceptors (Lipinski definition) is 3. The van der Waals surface area contributed by atoms with Gasteiger partial charge in [0.15, 0.2) is 0 Å². The highest BCUT2D eigenvalue weighted by atomic mass is 32.1. The fourth-order valence-corrected chi connectivity index (χ4v) is 7.73. The summed E-state index contributed by atoms with van der Waals surface area (Å²) in [5.74, 6) is 1.26. The molecule has 4 heterocycles. The van der Waals surface area contributed by atoms with Gasteiger partial charge in [0.05, 0.1) is 24.0 Å². The lowest BCUT2D eigenvalue weighted by Crippen LogP contribution is -2.38. The molecule has 0 aliphatic carbocycles. The van der Waals surface area contributed by atoms with E-state index in [1.165, 1.54) is 60.6 Å². The first-order valence-corrected chi connectivity index (χ1v) is 15.1. The third-order valence-corrected chi connectivity index (χ3v) is 9.47. The van der Waals surface area contributed by atoms with Crippen molar-refractivity contribution in [3.63, 3.8) is 0 Å². The lowest BCUT2D eigenvalue weighted by atomic mass is 10.0. The Kier molecular flexibility index (Phi) is 3.96. The third-order valence-electron chi connectivity index (χ3n) is 6.35. The minimum atomic E-state index is -1.51. The zero-order valence-corrected chi connectivity index (χ0v) is 19.5. The van der Waals surface area contributed by atoms with Gasteiger partial charge >= 0.3 is 0 Å². The SMILES string of the molecule is C[Si](C)(C)c1cc(-c2nccc3c2sc2nc4n(c23)CCCC4)cc2ccccc12. The number of aryl methyl sites for hydroxylation is 2.